The van der Waals surface area contributed by atoms with Gasteiger partial charge in [0.25, 0.3) is 0 Å². The van der Waals surface area contributed by atoms with Gasteiger partial charge in [0.2, 0.25) is 6.10 Å². The molecule has 0 radical (unpaired) electrons. The zero-order chi connectivity index (χ0) is 25.2. The van der Waals surface area contributed by atoms with E-state index in [1.165, 1.54) is 0 Å². The van der Waals surface area contributed by atoms with Crippen LogP contribution in [0.1, 0.15) is 22.8 Å². The molecule has 0 saturated heterocycles. The molecule has 1 atom stereocenters. The maximum absolute atomic E-state index is 6.01. The second kappa shape index (κ2) is 11.2. The molecule has 0 fully saturated rings. The van der Waals surface area contributed by atoms with Gasteiger partial charge in [-0.25, -0.2) is 0 Å². The molecule has 0 aliphatic heterocycles. The van der Waals surface area contributed by atoms with Crippen molar-refractivity contribution in [2.24, 2.45) is 5.16 Å². The first-order chi connectivity index (χ1) is 17.5. The van der Waals surface area contributed by atoms with Crippen molar-refractivity contribution in [2.75, 3.05) is 41.5 Å². The average Bonchev–Trinajstić information content (AvgIpc) is 3.60. The first-order valence-electron chi connectivity index (χ1n) is 11.5. The van der Waals surface area contributed by atoms with Crippen molar-refractivity contribution in [1.29, 1.82) is 0 Å². The minimum absolute atomic E-state index is 0. The molecule has 9 heteroatoms. The first kappa shape index (κ1) is 26.4. The molecule has 1 aliphatic rings. The number of thiophene rings is 1. The normalized spacial score (nSPS) is 13.6. The van der Waals surface area contributed by atoms with Crippen molar-refractivity contribution in [2.45, 2.75) is 6.10 Å². The number of halogens is 1. The summed E-state index contributed by atoms with van der Waals surface area (Å²) in [6, 6.07) is 11.8. The smallest absolute Gasteiger partial charge is 0.213 e. The lowest BCUT2D eigenvalue weighted by molar-refractivity contribution is 0.100. The van der Waals surface area contributed by atoms with E-state index in [4.69, 9.17) is 25.5 Å². The fourth-order valence-corrected chi connectivity index (χ4v) is 4.96. The van der Waals surface area contributed by atoms with Crippen molar-refractivity contribution < 1.29 is 19.0 Å². The fraction of sp³-hybridized carbons (Fsp3) is 0.250. The molecule has 0 spiro atoms. The van der Waals surface area contributed by atoms with Gasteiger partial charge in [0.05, 0.1) is 19.9 Å². The average molecular weight is 538 g/mol. The highest BCUT2D eigenvalue weighted by molar-refractivity contribution is 7.08. The number of nitrogens with one attached hydrogen (secondary N) is 1. The third-order valence-electron chi connectivity index (χ3n) is 6.11. The molecule has 7 nitrogen and oxygen atoms in total. The van der Waals surface area contributed by atoms with E-state index in [0.717, 1.165) is 51.1 Å². The minimum atomic E-state index is -0.591. The summed E-state index contributed by atoms with van der Waals surface area (Å²) in [5.41, 5.74) is 6.22. The summed E-state index contributed by atoms with van der Waals surface area (Å²) < 4.78 is 17.2. The first-order valence-corrected chi connectivity index (χ1v) is 12.4. The molecule has 0 saturated carbocycles. The number of oxime groups is 1. The van der Waals surface area contributed by atoms with Gasteiger partial charge in [-0.3, -0.25) is 0 Å². The number of terminal acetylenes is 1. The molecule has 5 rings (SSSR count). The molecule has 2 aromatic heterocycles. The van der Waals surface area contributed by atoms with Gasteiger partial charge in [-0.15, -0.1) is 18.8 Å². The molecule has 0 bridgehead atoms. The number of hydrogen-bond donors (Lipinski definition) is 1. The van der Waals surface area contributed by atoms with Gasteiger partial charge in [0, 0.05) is 39.7 Å². The molecule has 4 aromatic rings. The summed E-state index contributed by atoms with van der Waals surface area (Å²) in [5.74, 6) is 4.72. The van der Waals surface area contributed by atoms with Crippen LogP contribution in [0.2, 0.25) is 0 Å². The van der Waals surface area contributed by atoms with Gasteiger partial charge in [0.1, 0.15) is 18.1 Å². The number of nitrogens with zero attached hydrogens (tertiary/aromatic N) is 2. The summed E-state index contributed by atoms with van der Waals surface area (Å²) >= 11 is 1.56. The molecule has 2 aromatic carbocycles. The SMILES string of the molecule is C#CC(ON=C1c2cc(OC)c(OC)cc2-c2[nH]c3ccc(OCCN(C)C)cc3c21)c1ccsc1.Cl. The number of likely N-dealkylation sites (N-methyl/N-ethyl adjacent to an activating group) is 1. The van der Waals surface area contributed by atoms with Crippen molar-refractivity contribution in [3.8, 4) is 40.8 Å². The maximum Gasteiger partial charge on any atom is 0.213 e. The minimum Gasteiger partial charge on any atom is -0.493 e. The third kappa shape index (κ3) is 4.98. The van der Waals surface area contributed by atoms with Crippen LogP contribution in [-0.2, 0) is 4.84 Å². The molecule has 37 heavy (non-hydrogen) atoms. The van der Waals surface area contributed by atoms with Gasteiger partial charge in [-0.1, -0.05) is 11.1 Å². The van der Waals surface area contributed by atoms with Gasteiger partial charge >= 0.3 is 0 Å². The van der Waals surface area contributed by atoms with Crippen LogP contribution in [0.3, 0.4) is 0 Å². The second-order valence-corrected chi connectivity index (χ2v) is 9.42. The number of methoxy groups -OCH3 is 2. The number of ether oxygens (including phenoxy) is 3. The number of aromatic nitrogens is 1. The van der Waals surface area contributed by atoms with E-state index in [0.29, 0.717) is 23.8 Å². The van der Waals surface area contributed by atoms with Crippen molar-refractivity contribution in [3.63, 3.8) is 0 Å². The lowest BCUT2D eigenvalue weighted by Crippen LogP contribution is -2.19. The molecule has 0 amide bonds. The van der Waals surface area contributed by atoms with E-state index in [1.807, 2.05) is 61.3 Å². The zero-order valence-corrected chi connectivity index (χ0v) is 22.7. The summed E-state index contributed by atoms with van der Waals surface area (Å²) in [7, 11) is 7.28. The van der Waals surface area contributed by atoms with E-state index in [1.54, 1.807) is 25.6 Å². The highest BCUT2D eigenvalue weighted by atomic mass is 35.5. The number of benzene rings is 2. The van der Waals surface area contributed by atoms with Crippen LogP contribution in [0.15, 0.2) is 52.3 Å². The largest absolute Gasteiger partial charge is 0.493 e. The summed E-state index contributed by atoms with van der Waals surface area (Å²) in [5, 5.41) is 9.53. The van der Waals surface area contributed by atoms with Crippen molar-refractivity contribution >= 4 is 40.4 Å². The topological polar surface area (TPSA) is 68.3 Å². The number of H-pyrrole nitrogens is 1. The Morgan fingerprint density at radius 3 is 2.49 bits per heavy atom. The molecule has 2 heterocycles. The van der Waals surface area contributed by atoms with Crippen LogP contribution >= 0.6 is 23.7 Å². The van der Waals surface area contributed by atoms with Gasteiger partial charge in [-0.2, -0.15) is 11.3 Å². The third-order valence-corrected chi connectivity index (χ3v) is 6.81. The van der Waals surface area contributed by atoms with E-state index >= 15 is 0 Å². The van der Waals surface area contributed by atoms with Crippen molar-refractivity contribution in [3.05, 3.63) is 63.8 Å². The molecule has 1 unspecified atom stereocenters. The van der Waals surface area contributed by atoms with Crippen molar-refractivity contribution in [1.82, 2.24) is 9.88 Å². The Balaban J connectivity index is 0.00000320. The Hall–Kier alpha value is -3.64. The Morgan fingerprint density at radius 1 is 1.08 bits per heavy atom. The van der Waals surface area contributed by atoms with Crippen LogP contribution < -0.4 is 14.2 Å². The Bertz CT molecular complexity index is 1470. The molecular weight excluding hydrogens is 510 g/mol. The van der Waals surface area contributed by atoms with E-state index in [2.05, 4.69) is 21.0 Å². The molecule has 1 aliphatic carbocycles. The summed E-state index contributed by atoms with van der Waals surface area (Å²) in [4.78, 5) is 11.6. The Morgan fingerprint density at radius 2 is 1.84 bits per heavy atom. The molecule has 192 valence electrons. The maximum atomic E-state index is 6.01. The lowest BCUT2D eigenvalue weighted by Gasteiger charge is -2.12. The van der Waals surface area contributed by atoms with E-state index in [-0.39, 0.29) is 12.4 Å². The zero-order valence-electron chi connectivity index (χ0n) is 21.0. The monoisotopic (exact) mass is 537 g/mol. The van der Waals surface area contributed by atoms with E-state index < -0.39 is 6.10 Å². The highest BCUT2D eigenvalue weighted by Crippen LogP contribution is 2.46. The predicted molar refractivity (Wildman–Crippen MR) is 151 cm³/mol. The van der Waals surface area contributed by atoms with E-state index in [9.17, 15) is 0 Å². The summed E-state index contributed by atoms with van der Waals surface area (Å²) in [6.07, 6.45) is 5.19. The van der Waals surface area contributed by atoms with Crippen LogP contribution in [0, 0.1) is 12.3 Å². The van der Waals surface area contributed by atoms with Crippen LogP contribution in [0.25, 0.3) is 22.2 Å². The number of fused-ring (bicyclic) bond motifs is 5. The van der Waals surface area contributed by atoms with Gasteiger partial charge in [-0.05, 0) is 61.3 Å². The number of aromatic amines is 1. The second-order valence-electron chi connectivity index (χ2n) is 8.64. The quantitative estimate of drug-likeness (QED) is 0.192. The Kier molecular flexibility index (Phi) is 7.98. The molecule has 1 N–H and O–H groups in total. The standard InChI is InChI=1S/C28H27N3O4S.ClH/c1-6-23(17-9-12-36-16-17)35-30-28-20-15-25(33-5)24(32-4)14-19(20)27-26(28)21-13-18(7-8-22(21)29-27)34-11-10-31(2)3;/h1,7-9,12-16,23,29H,10-11H2,2-5H3;1H. The fourth-order valence-electron chi connectivity index (χ4n) is 4.28. The van der Waals surface area contributed by atoms with Crippen LogP contribution in [0.5, 0.6) is 17.2 Å². The Labute approximate surface area is 226 Å². The number of hydrogen-bond acceptors (Lipinski definition) is 7. The highest BCUT2D eigenvalue weighted by Gasteiger charge is 2.32. The molecular formula is C28H28ClN3O4S. The van der Waals surface area contributed by atoms with Gasteiger partial charge < -0.3 is 28.9 Å². The van der Waals surface area contributed by atoms with Crippen LogP contribution in [0.4, 0.5) is 0 Å². The predicted octanol–water partition coefficient (Wildman–Crippen LogP) is 5.73. The van der Waals surface area contributed by atoms with Crippen LogP contribution in [-0.4, -0.2) is 57.1 Å². The lowest BCUT2D eigenvalue weighted by atomic mass is 10.1. The van der Waals surface area contributed by atoms with Gasteiger partial charge in [0.15, 0.2) is 11.5 Å². The summed E-state index contributed by atoms with van der Waals surface area (Å²) in [6.45, 7) is 1.42. The number of rotatable bonds is 9.